The molecule has 0 bridgehead atoms. The molecule has 35 heavy (non-hydrogen) atoms. The number of pyridine rings is 1. The molecule has 8 heteroatoms. The molecule has 4 aromatic rings. The monoisotopic (exact) mass is 469 g/mol. The van der Waals surface area contributed by atoms with E-state index in [1.54, 1.807) is 10.8 Å². The second-order valence-electron chi connectivity index (χ2n) is 8.40. The maximum atomic E-state index is 12.7. The van der Waals surface area contributed by atoms with Crippen LogP contribution >= 0.6 is 0 Å². The van der Waals surface area contributed by atoms with Crippen LogP contribution in [0.2, 0.25) is 0 Å². The molecule has 0 amide bonds. The molecule has 2 aromatic carbocycles. The largest absolute Gasteiger partial charge is 0.487 e. The molecular formula is C27H23N3O5. The lowest BCUT2D eigenvalue weighted by molar-refractivity contribution is 0.0520. The number of nitrogens with zero attached hydrogens (tertiary/aromatic N) is 3. The molecule has 176 valence electrons. The molecule has 0 aliphatic carbocycles. The number of aryl methyl sites for hydroxylation is 1. The molecule has 2 aromatic heterocycles. The Labute approximate surface area is 201 Å². The molecular weight excluding hydrogens is 446 g/mol. The van der Waals surface area contributed by atoms with Crippen molar-refractivity contribution in [3.05, 3.63) is 94.7 Å². The fourth-order valence-electron chi connectivity index (χ4n) is 4.31. The van der Waals surface area contributed by atoms with Crippen molar-refractivity contribution in [3.63, 3.8) is 0 Å². The molecule has 4 heterocycles. The van der Waals surface area contributed by atoms with Crippen LogP contribution in [0.25, 0.3) is 11.3 Å². The van der Waals surface area contributed by atoms with Gasteiger partial charge in [0, 0.05) is 24.4 Å². The molecule has 1 unspecified atom stereocenters. The van der Waals surface area contributed by atoms with Gasteiger partial charge in [0.25, 0.3) is 0 Å². The molecule has 0 saturated carbocycles. The molecule has 2 aliphatic rings. The van der Waals surface area contributed by atoms with Gasteiger partial charge in [0.2, 0.25) is 5.88 Å². The summed E-state index contributed by atoms with van der Waals surface area (Å²) in [6.07, 6.45) is 2.18. The van der Waals surface area contributed by atoms with Crippen molar-refractivity contribution >= 4 is 0 Å². The van der Waals surface area contributed by atoms with E-state index in [2.05, 4.69) is 9.97 Å². The smallest absolute Gasteiger partial charge is 0.351 e. The fraction of sp³-hybridized carbons (Fsp3) is 0.222. The van der Waals surface area contributed by atoms with Crippen LogP contribution in [-0.2, 0) is 19.6 Å². The van der Waals surface area contributed by atoms with E-state index in [4.69, 9.17) is 18.9 Å². The highest BCUT2D eigenvalue weighted by molar-refractivity contribution is 5.67. The summed E-state index contributed by atoms with van der Waals surface area (Å²) in [5.74, 6) is 2.44. The van der Waals surface area contributed by atoms with Gasteiger partial charge >= 0.3 is 5.69 Å². The molecule has 6 rings (SSSR count). The minimum absolute atomic E-state index is 0.220. The van der Waals surface area contributed by atoms with E-state index in [0.29, 0.717) is 31.3 Å². The molecule has 0 spiro atoms. The van der Waals surface area contributed by atoms with Gasteiger partial charge in [-0.2, -0.15) is 4.98 Å². The zero-order chi connectivity index (χ0) is 23.6. The minimum atomic E-state index is -0.329. The summed E-state index contributed by atoms with van der Waals surface area (Å²) in [5.41, 5.74) is 3.40. The molecule has 0 radical (unpaired) electrons. The first-order valence-corrected chi connectivity index (χ1v) is 11.5. The normalized spacial score (nSPS) is 15.6. The van der Waals surface area contributed by atoms with Crippen molar-refractivity contribution in [2.24, 2.45) is 0 Å². The number of rotatable bonds is 6. The second-order valence-corrected chi connectivity index (χ2v) is 8.40. The lowest BCUT2D eigenvalue weighted by atomic mass is 9.97. The van der Waals surface area contributed by atoms with Crippen LogP contribution in [0.4, 0.5) is 0 Å². The van der Waals surface area contributed by atoms with E-state index in [-0.39, 0.29) is 24.3 Å². The van der Waals surface area contributed by atoms with Gasteiger partial charge in [-0.3, -0.25) is 9.55 Å². The first-order valence-electron chi connectivity index (χ1n) is 11.5. The first kappa shape index (κ1) is 21.2. The number of para-hydroxylation sites is 2. The number of aromatic nitrogens is 3. The Bertz CT molecular complexity index is 1420. The quantitative estimate of drug-likeness (QED) is 0.426. The predicted molar refractivity (Wildman–Crippen MR) is 128 cm³/mol. The van der Waals surface area contributed by atoms with Gasteiger partial charge in [-0.25, -0.2) is 4.79 Å². The number of fused-ring (bicyclic) bond motifs is 4. The van der Waals surface area contributed by atoms with Gasteiger partial charge < -0.3 is 18.9 Å². The highest BCUT2D eigenvalue weighted by Crippen LogP contribution is 2.33. The minimum Gasteiger partial charge on any atom is -0.487 e. The Morgan fingerprint density at radius 3 is 2.77 bits per heavy atom. The van der Waals surface area contributed by atoms with Gasteiger partial charge in [-0.05, 0) is 54.4 Å². The summed E-state index contributed by atoms with van der Waals surface area (Å²) in [5, 5.41) is 0. The molecule has 0 N–H and O–H groups in total. The highest BCUT2D eigenvalue weighted by atomic mass is 16.6. The number of hydrogen-bond donors (Lipinski definition) is 0. The lowest BCUT2D eigenvalue weighted by Gasteiger charge is -2.26. The van der Waals surface area contributed by atoms with Gasteiger partial charge in [0.05, 0.1) is 11.4 Å². The van der Waals surface area contributed by atoms with Crippen LogP contribution in [0, 0.1) is 0 Å². The predicted octanol–water partition coefficient (Wildman–Crippen LogP) is 3.66. The molecule has 0 fully saturated rings. The average molecular weight is 469 g/mol. The standard InChI is InChI=1S/C27H23N3O5/c31-27-29-26(34-17-21-16-33-24-6-1-2-7-25(24)35-21)14-23-22-9-8-20(13-18(22)10-12-30(23)27)32-15-19-5-3-4-11-28-19/h1-9,11,13-14,21H,10,12,15-17H2. The summed E-state index contributed by atoms with van der Waals surface area (Å²) >= 11 is 0. The van der Waals surface area contributed by atoms with E-state index >= 15 is 0 Å². The Morgan fingerprint density at radius 2 is 1.89 bits per heavy atom. The van der Waals surface area contributed by atoms with Gasteiger partial charge in [-0.1, -0.05) is 18.2 Å². The lowest BCUT2D eigenvalue weighted by Crippen LogP contribution is -2.35. The van der Waals surface area contributed by atoms with Crippen molar-refractivity contribution in [1.82, 2.24) is 14.5 Å². The van der Waals surface area contributed by atoms with E-state index < -0.39 is 0 Å². The Kier molecular flexibility index (Phi) is 5.54. The van der Waals surface area contributed by atoms with Crippen molar-refractivity contribution in [1.29, 1.82) is 0 Å². The van der Waals surface area contributed by atoms with Crippen molar-refractivity contribution in [3.8, 4) is 34.4 Å². The maximum Gasteiger partial charge on any atom is 0.351 e. The third kappa shape index (κ3) is 4.42. The summed E-state index contributed by atoms with van der Waals surface area (Å²) in [6, 6.07) is 21.0. The van der Waals surface area contributed by atoms with Crippen molar-refractivity contribution < 1.29 is 18.9 Å². The summed E-state index contributed by atoms with van der Waals surface area (Å²) in [7, 11) is 0. The zero-order valence-electron chi connectivity index (χ0n) is 18.9. The summed E-state index contributed by atoms with van der Waals surface area (Å²) in [6.45, 7) is 1.53. The molecule has 8 nitrogen and oxygen atoms in total. The van der Waals surface area contributed by atoms with Crippen molar-refractivity contribution in [2.45, 2.75) is 25.7 Å². The SMILES string of the molecule is O=c1nc(OCC2COc3ccccc3O2)cc2n1CCc1cc(OCc3ccccn3)ccc1-2. The maximum absolute atomic E-state index is 12.7. The van der Waals surface area contributed by atoms with E-state index in [1.165, 1.54) is 0 Å². The number of ether oxygens (including phenoxy) is 4. The number of hydrogen-bond acceptors (Lipinski definition) is 7. The van der Waals surface area contributed by atoms with Crippen molar-refractivity contribution in [2.75, 3.05) is 13.2 Å². The van der Waals surface area contributed by atoms with Gasteiger partial charge in [0.15, 0.2) is 17.6 Å². The molecule has 1 atom stereocenters. The molecule has 2 aliphatic heterocycles. The van der Waals surface area contributed by atoms with Gasteiger partial charge in [-0.15, -0.1) is 0 Å². The zero-order valence-corrected chi connectivity index (χ0v) is 18.9. The summed E-state index contributed by atoms with van der Waals surface area (Å²) in [4.78, 5) is 21.1. The summed E-state index contributed by atoms with van der Waals surface area (Å²) < 4.78 is 25.2. The molecule has 0 saturated heterocycles. The fourth-order valence-corrected chi connectivity index (χ4v) is 4.31. The Balaban J connectivity index is 1.18. The highest BCUT2D eigenvalue weighted by Gasteiger charge is 2.23. The van der Waals surface area contributed by atoms with Crippen LogP contribution in [0.5, 0.6) is 23.1 Å². The van der Waals surface area contributed by atoms with E-state index in [0.717, 1.165) is 34.7 Å². The third-order valence-corrected chi connectivity index (χ3v) is 6.04. The van der Waals surface area contributed by atoms with Crippen LogP contribution in [0.1, 0.15) is 11.3 Å². The second kappa shape index (κ2) is 9.13. The van der Waals surface area contributed by atoms with Crippen LogP contribution in [-0.4, -0.2) is 33.9 Å². The third-order valence-electron chi connectivity index (χ3n) is 6.04. The Morgan fingerprint density at radius 1 is 1.00 bits per heavy atom. The van der Waals surface area contributed by atoms with E-state index in [1.807, 2.05) is 66.7 Å². The van der Waals surface area contributed by atoms with Gasteiger partial charge in [0.1, 0.15) is 25.6 Å². The topological polar surface area (TPSA) is 84.7 Å². The number of benzene rings is 2. The first-order chi connectivity index (χ1) is 17.2. The van der Waals surface area contributed by atoms with E-state index in [9.17, 15) is 4.79 Å². The Hall–Kier alpha value is -4.33. The van der Waals surface area contributed by atoms with Crippen LogP contribution < -0.4 is 24.6 Å². The average Bonchev–Trinajstić information content (AvgIpc) is 2.91. The van der Waals surface area contributed by atoms with Crippen LogP contribution in [0.15, 0.2) is 77.7 Å². The van der Waals surface area contributed by atoms with Crippen LogP contribution in [0.3, 0.4) is 0 Å².